The standard InChI is InChI=1S/C18H16IN3O/c1-13-9-16(19)7-8-17(13)21-12-15(10-20)18(23)22-11-14-5-3-2-4-6-14/h2-9,12,21H,11H2,1H3,(H,22,23)/b15-12-. The highest BCUT2D eigenvalue weighted by atomic mass is 127. The maximum atomic E-state index is 12.1. The first-order valence-corrected chi connectivity index (χ1v) is 8.13. The second-order valence-corrected chi connectivity index (χ2v) is 6.19. The smallest absolute Gasteiger partial charge is 0.263 e. The number of halogens is 1. The van der Waals surface area contributed by atoms with E-state index < -0.39 is 5.91 Å². The van der Waals surface area contributed by atoms with E-state index >= 15 is 0 Å². The van der Waals surface area contributed by atoms with Gasteiger partial charge in [0.05, 0.1) is 0 Å². The largest absolute Gasteiger partial charge is 0.360 e. The van der Waals surface area contributed by atoms with Crippen LogP contribution in [0.25, 0.3) is 0 Å². The number of anilines is 1. The van der Waals surface area contributed by atoms with E-state index in [1.54, 1.807) is 0 Å². The summed E-state index contributed by atoms with van der Waals surface area (Å²) in [5.41, 5.74) is 2.95. The number of nitrogens with zero attached hydrogens (tertiary/aromatic N) is 1. The van der Waals surface area contributed by atoms with Crippen LogP contribution in [0.4, 0.5) is 5.69 Å². The Bertz CT molecular complexity index is 764. The Morgan fingerprint density at radius 3 is 2.65 bits per heavy atom. The van der Waals surface area contributed by atoms with E-state index in [-0.39, 0.29) is 5.57 Å². The SMILES string of the molecule is Cc1cc(I)ccc1N/C=C(/C#N)C(=O)NCc1ccccc1. The Hall–Kier alpha value is -2.33. The summed E-state index contributed by atoms with van der Waals surface area (Å²) in [6, 6.07) is 17.4. The fourth-order valence-corrected chi connectivity index (χ4v) is 2.61. The molecule has 0 atom stereocenters. The number of hydrogen-bond acceptors (Lipinski definition) is 3. The lowest BCUT2D eigenvalue weighted by Gasteiger charge is -2.07. The normalized spacial score (nSPS) is 10.7. The zero-order chi connectivity index (χ0) is 16.7. The molecule has 0 spiro atoms. The van der Waals surface area contributed by atoms with E-state index in [1.165, 1.54) is 6.20 Å². The quantitative estimate of drug-likeness (QED) is 0.443. The Labute approximate surface area is 149 Å². The molecule has 1 amide bonds. The Balaban J connectivity index is 2.00. The average molecular weight is 417 g/mol. The van der Waals surface area contributed by atoms with Crippen LogP contribution in [-0.4, -0.2) is 5.91 Å². The molecule has 5 heteroatoms. The molecule has 0 fully saturated rings. The lowest BCUT2D eigenvalue weighted by atomic mass is 10.2. The fourth-order valence-electron chi connectivity index (χ4n) is 1.96. The monoisotopic (exact) mass is 417 g/mol. The van der Waals surface area contributed by atoms with Crippen molar-refractivity contribution in [1.29, 1.82) is 5.26 Å². The van der Waals surface area contributed by atoms with Gasteiger partial charge in [-0.1, -0.05) is 30.3 Å². The molecule has 2 N–H and O–H groups in total. The van der Waals surface area contributed by atoms with Crippen LogP contribution in [-0.2, 0) is 11.3 Å². The van der Waals surface area contributed by atoms with Gasteiger partial charge in [0.15, 0.2) is 0 Å². The first-order valence-electron chi connectivity index (χ1n) is 7.05. The summed E-state index contributed by atoms with van der Waals surface area (Å²) in [5.74, 6) is -0.396. The molecule has 0 unspecified atom stereocenters. The third kappa shape index (κ3) is 5.11. The number of benzene rings is 2. The summed E-state index contributed by atoms with van der Waals surface area (Å²) >= 11 is 2.24. The number of nitriles is 1. The fraction of sp³-hybridized carbons (Fsp3) is 0.111. The molecule has 0 aliphatic heterocycles. The van der Waals surface area contributed by atoms with Crippen molar-refractivity contribution in [3.05, 3.63) is 75.0 Å². The van der Waals surface area contributed by atoms with Crippen molar-refractivity contribution < 1.29 is 4.79 Å². The lowest BCUT2D eigenvalue weighted by Crippen LogP contribution is -2.24. The van der Waals surface area contributed by atoms with Crippen LogP contribution in [0, 0.1) is 21.8 Å². The maximum absolute atomic E-state index is 12.1. The predicted molar refractivity (Wildman–Crippen MR) is 99.5 cm³/mol. The molecule has 0 aliphatic rings. The number of carbonyl (C=O) groups is 1. The van der Waals surface area contributed by atoms with Crippen molar-refractivity contribution in [2.75, 3.05) is 5.32 Å². The van der Waals surface area contributed by atoms with E-state index in [4.69, 9.17) is 5.26 Å². The first-order chi connectivity index (χ1) is 11.1. The highest BCUT2D eigenvalue weighted by molar-refractivity contribution is 14.1. The van der Waals surface area contributed by atoms with Crippen molar-refractivity contribution in [2.45, 2.75) is 13.5 Å². The van der Waals surface area contributed by atoms with Gasteiger partial charge in [0.1, 0.15) is 11.6 Å². The van der Waals surface area contributed by atoms with E-state index in [2.05, 4.69) is 33.2 Å². The molecule has 0 bridgehead atoms. The topological polar surface area (TPSA) is 64.9 Å². The molecule has 0 heterocycles. The van der Waals surface area contributed by atoms with Crippen LogP contribution >= 0.6 is 22.6 Å². The van der Waals surface area contributed by atoms with E-state index in [1.807, 2.05) is 61.5 Å². The molecule has 2 aromatic carbocycles. The van der Waals surface area contributed by atoms with Crippen LogP contribution in [0.15, 0.2) is 60.3 Å². The molecule has 0 saturated carbocycles. The molecular formula is C18H16IN3O. The van der Waals surface area contributed by atoms with Gasteiger partial charge in [0, 0.05) is 22.0 Å². The minimum absolute atomic E-state index is 0.0406. The number of nitrogens with one attached hydrogen (secondary N) is 2. The van der Waals surface area contributed by atoms with Crippen LogP contribution in [0.3, 0.4) is 0 Å². The highest BCUT2D eigenvalue weighted by Crippen LogP contribution is 2.17. The zero-order valence-corrected chi connectivity index (χ0v) is 14.8. The average Bonchev–Trinajstić information content (AvgIpc) is 2.56. The molecule has 0 aromatic heterocycles. The van der Waals surface area contributed by atoms with Crippen molar-refractivity contribution in [3.8, 4) is 6.07 Å². The Kier molecular flexibility index (Phi) is 6.18. The van der Waals surface area contributed by atoms with Crippen molar-refractivity contribution >= 4 is 34.2 Å². The Morgan fingerprint density at radius 1 is 1.26 bits per heavy atom. The summed E-state index contributed by atoms with van der Waals surface area (Å²) in [6.07, 6.45) is 1.44. The van der Waals surface area contributed by atoms with Crippen molar-refractivity contribution in [2.24, 2.45) is 0 Å². The van der Waals surface area contributed by atoms with Gasteiger partial charge in [-0.15, -0.1) is 0 Å². The molecule has 0 saturated heterocycles. The molecule has 2 aromatic rings. The number of aryl methyl sites for hydroxylation is 1. The van der Waals surface area contributed by atoms with Gasteiger partial charge < -0.3 is 10.6 Å². The number of hydrogen-bond donors (Lipinski definition) is 2. The number of amides is 1. The first kappa shape index (κ1) is 17.0. The molecular weight excluding hydrogens is 401 g/mol. The second-order valence-electron chi connectivity index (χ2n) is 4.94. The second kappa shape index (κ2) is 8.34. The molecule has 23 heavy (non-hydrogen) atoms. The van der Waals surface area contributed by atoms with E-state index in [0.29, 0.717) is 6.54 Å². The van der Waals surface area contributed by atoms with Gasteiger partial charge in [-0.2, -0.15) is 5.26 Å². The Morgan fingerprint density at radius 2 is 2.00 bits per heavy atom. The third-order valence-electron chi connectivity index (χ3n) is 3.22. The molecule has 4 nitrogen and oxygen atoms in total. The van der Waals surface area contributed by atoms with Gasteiger partial charge in [-0.05, 0) is 58.8 Å². The summed E-state index contributed by atoms with van der Waals surface area (Å²) in [6.45, 7) is 2.36. The number of rotatable bonds is 5. The zero-order valence-electron chi connectivity index (χ0n) is 12.6. The van der Waals surface area contributed by atoms with Crippen LogP contribution in [0.1, 0.15) is 11.1 Å². The highest BCUT2D eigenvalue weighted by Gasteiger charge is 2.08. The molecule has 2 rings (SSSR count). The maximum Gasteiger partial charge on any atom is 0.263 e. The van der Waals surface area contributed by atoms with Crippen LogP contribution in [0.2, 0.25) is 0 Å². The van der Waals surface area contributed by atoms with Crippen LogP contribution in [0.5, 0.6) is 0 Å². The predicted octanol–water partition coefficient (Wildman–Crippen LogP) is 3.74. The third-order valence-corrected chi connectivity index (χ3v) is 3.89. The summed E-state index contributed by atoms with van der Waals surface area (Å²) < 4.78 is 1.13. The van der Waals surface area contributed by atoms with Gasteiger partial charge in [0.25, 0.3) is 5.91 Å². The van der Waals surface area contributed by atoms with Crippen molar-refractivity contribution in [3.63, 3.8) is 0 Å². The number of carbonyl (C=O) groups excluding carboxylic acids is 1. The lowest BCUT2D eigenvalue weighted by molar-refractivity contribution is -0.117. The van der Waals surface area contributed by atoms with Gasteiger partial charge >= 0.3 is 0 Å². The van der Waals surface area contributed by atoms with Gasteiger partial charge in [-0.3, -0.25) is 4.79 Å². The van der Waals surface area contributed by atoms with Crippen molar-refractivity contribution in [1.82, 2.24) is 5.32 Å². The molecule has 0 radical (unpaired) electrons. The summed E-state index contributed by atoms with van der Waals surface area (Å²) in [7, 11) is 0. The molecule has 116 valence electrons. The summed E-state index contributed by atoms with van der Waals surface area (Å²) in [5, 5.41) is 14.9. The minimum atomic E-state index is -0.396. The van der Waals surface area contributed by atoms with Crippen LogP contribution < -0.4 is 10.6 Å². The molecule has 0 aliphatic carbocycles. The van der Waals surface area contributed by atoms with Gasteiger partial charge in [0.2, 0.25) is 0 Å². The van der Waals surface area contributed by atoms with E-state index in [0.717, 1.165) is 20.4 Å². The minimum Gasteiger partial charge on any atom is -0.360 e. The van der Waals surface area contributed by atoms with E-state index in [9.17, 15) is 4.79 Å². The summed E-state index contributed by atoms with van der Waals surface area (Å²) in [4.78, 5) is 12.1. The van der Waals surface area contributed by atoms with Gasteiger partial charge in [-0.25, -0.2) is 0 Å².